The summed E-state index contributed by atoms with van der Waals surface area (Å²) in [6, 6.07) is 16.6. The van der Waals surface area contributed by atoms with Gasteiger partial charge in [-0.1, -0.05) is 42.5 Å². The molecular formula is C16H13NO2. The fourth-order valence-electron chi connectivity index (χ4n) is 2.03. The van der Waals surface area contributed by atoms with Crippen LogP contribution in [0.15, 0.2) is 59.0 Å². The van der Waals surface area contributed by atoms with E-state index >= 15 is 0 Å². The Morgan fingerprint density at radius 1 is 1.05 bits per heavy atom. The SMILES string of the molecule is NCc1ccc(C(=O)c2cc3ccccc3o2)cc1. The van der Waals surface area contributed by atoms with Crippen LogP contribution >= 0.6 is 0 Å². The number of rotatable bonds is 3. The van der Waals surface area contributed by atoms with E-state index in [9.17, 15) is 4.79 Å². The lowest BCUT2D eigenvalue weighted by molar-refractivity contribution is 0.101. The smallest absolute Gasteiger partial charge is 0.228 e. The van der Waals surface area contributed by atoms with Crippen LogP contribution in [0.2, 0.25) is 0 Å². The second kappa shape index (κ2) is 4.71. The van der Waals surface area contributed by atoms with Gasteiger partial charge in [0.2, 0.25) is 5.78 Å². The fourth-order valence-corrected chi connectivity index (χ4v) is 2.03. The number of nitrogens with two attached hydrogens (primary N) is 1. The predicted octanol–water partition coefficient (Wildman–Crippen LogP) is 3.12. The van der Waals surface area contributed by atoms with Gasteiger partial charge in [0.25, 0.3) is 0 Å². The maximum atomic E-state index is 12.3. The van der Waals surface area contributed by atoms with Gasteiger partial charge in [0.1, 0.15) is 5.58 Å². The zero-order valence-electron chi connectivity index (χ0n) is 10.3. The quantitative estimate of drug-likeness (QED) is 0.727. The molecule has 0 fully saturated rings. The van der Waals surface area contributed by atoms with Crippen molar-refractivity contribution < 1.29 is 9.21 Å². The number of ketones is 1. The number of benzene rings is 2. The summed E-state index contributed by atoms with van der Waals surface area (Å²) >= 11 is 0. The van der Waals surface area contributed by atoms with Crippen molar-refractivity contribution in [1.82, 2.24) is 0 Å². The van der Waals surface area contributed by atoms with Crippen LogP contribution in [-0.2, 0) is 6.54 Å². The van der Waals surface area contributed by atoms with Gasteiger partial charge in [-0.15, -0.1) is 0 Å². The molecule has 1 aromatic heterocycles. The Balaban J connectivity index is 1.98. The van der Waals surface area contributed by atoms with Gasteiger partial charge in [-0.2, -0.15) is 0 Å². The average Bonchev–Trinajstić information content (AvgIpc) is 2.90. The minimum absolute atomic E-state index is 0.111. The minimum Gasteiger partial charge on any atom is -0.453 e. The molecule has 2 aromatic carbocycles. The van der Waals surface area contributed by atoms with Gasteiger partial charge in [-0.3, -0.25) is 4.79 Å². The molecule has 0 saturated heterocycles. The van der Waals surface area contributed by atoms with Crippen molar-refractivity contribution in [2.75, 3.05) is 0 Å². The summed E-state index contributed by atoms with van der Waals surface area (Å²) in [5, 5.41) is 0.935. The summed E-state index contributed by atoms with van der Waals surface area (Å²) in [4.78, 5) is 12.3. The third-order valence-corrected chi connectivity index (χ3v) is 3.10. The van der Waals surface area contributed by atoms with Crippen molar-refractivity contribution in [2.24, 2.45) is 5.73 Å². The third kappa shape index (κ3) is 2.16. The van der Waals surface area contributed by atoms with E-state index in [-0.39, 0.29) is 5.78 Å². The van der Waals surface area contributed by atoms with Crippen molar-refractivity contribution in [1.29, 1.82) is 0 Å². The van der Waals surface area contributed by atoms with Crippen molar-refractivity contribution in [3.63, 3.8) is 0 Å². The highest BCUT2D eigenvalue weighted by Crippen LogP contribution is 2.21. The average molecular weight is 251 g/mol. The first-order valence-corrected chi connectivity index (χ1v) is 6.10. The number of fused-ring (bicyclic) bond motifs is 1. The van der Waals surface area contributed by atoms with Crippen LogP contribution in [0.3, 0.4) is 0 Å². The van der Waals surface area contributed by atoms with Crippen molar-refractivity contribution in [3.05, 3.63) is 71.5 Å². The third-order valence-electron chi connectivity index (χ3n) is 3.10. The lowest BCUT2D eigenvalue weighted by atomic mass is 10.1. The van der Waals surface area contributed by atoms with Crippen molar-refractivity contribution in [3.8, 4) is 0 Å². The molecule has 0 bridgehead atoms. The highest BCUT2D eigenvalue weighted by Gasteiger charge is 2.14. The van der Waals surface area contributed by atoms with E-state index in [1.54, 1.807) is 18.2 Å². The van der Waals surface area contributed by atoms with Gasteiger partial charge in [0, 0.05) is 17.5 Å². The van der Waals surface area contributed by atoms with Gasteiger partial charge >= 0.3 is 0 Å². The van der Waals surface area contributed by atoms with Crippen LogP contribution < -0.4 is 5.73 Å². The summed E-state index contributed by atoms with van der Waals surface area (Å²) < 4.78 is 5.57. The maximum absolute atomic E-state index is 12.3. The normalized spacial score (nSPS) is 10.8. The Hall–Kier alpha value is -2.39. The van der Waals surface area contributed by atoms with Crippen LogP contribution in [0.25, 0.3) is 11.0 Å². The number of furan rings is 1. The topological polar surface area (TPSA) is 56.2 Å². The first-order valence-electron chi connectivity index (χ1n) is 6.10. The Morgan fingerprint density at radius 2 is 1.79 bits per heavy atom. The van der Waals surface area contributed by atoms with Gasteiger partial charge in [0.05, 0.1) is 0 Å². The van der Waals surface area contributed by atoms with Gasteiger partial charge in [-0.05, 0) is 17.7 Å². The summed E-state index contributed by atoms with van der Waals surface area (Å²) in [5.74, 6) is 0.251. The number of hydrogen-bond acceptors (Lipinski definition) is 3. The van der Waals surface area contributed by atoms with E-state index in [0.717, 1.165) is 16.5 Å². The molecule has 19 heavy (non-hydrogen) atoms. The van der Waals surface area contributed by atoms with E-state index in [2.05, 4.69) is 0 Å². The highest BCUT2D eigenvalue weighted by atomic mass is 16.3. The van der Waals surface area contributed by atoms with Crippen LogP contribution in [0.1, 0.15) is 21.7 Å². The Bertz CT molecular complexity index is 693. The van der Waals surface area contributed by atoms with Crippen molar-refractivity contribution >= 4 is 16.8 Å². The van der Waals surface area contributed by atoms with Crippen LogP contribution in [0, 0.1) is 0 Å². The summed E-state index contributed by atoms with van der Waals surface area (Å²) in [6.07, 6.45) is 0. The summed E-state index contributed by atoms with van der Waals surface area (Å²) in [5.41, 5.74) is 7.87. The van der Waals surface area contributed by atoms with Gasteiger partial charge < -0.3 is 10.2 Å². The molecule has 0 aliphatic heterocycles. The Kier molecular flexibility index (Phi) is 2.89. The molecule has 3 nitrogen and oxygen atoms in total. The van der Waals surface area contributed by atoms with Crippen molar-refractivity contribution in [2.45, 2.75) is 6.54 Å². The first-order chi connectivity index (χ1) is 9.28. The number of carbonyl (C=O) groups is 1. The predicted molar refractivity (Wildman–Crippen MR) is 74.0 cm³/mol. The standard InChI is InChI=1S/C16H13NO2/c17-10-11-5-7-12(8-6-11)16(18)15-9-13-3-1-2-4-14(13)19-15/h1-9H,10,17H2. The molecule has 0 aliphatic rings. The Labute approximate surface area is 110 Å². The van der Waals surface area contributed by atoms with Gasteiger partial charge in [-0.25, -0.2) is 0 Å². The zero-order valence-corrected chi connectivity index (χ0v) is 10.3. The van der Waals surface area contributed by atoms with E-state index in [4.69, 9.17) is 10.2 Å². The molecule has 0 saturated carbocycles. The molecule has 1 heterocycles. The van der Waals surface area contributed by atoms with Gasteiger partial charge in [0.15, 0.2) is 5.76 Å². The summed E-state index contributed by atoms with van der Waals surface area (Å²) in [6.45, 7) is 0.471. The molecule has 0 unspecified atom stereocenters. The summed E-state index contributed by atoms with van der Waals surface area (Å²) in [7, 11) is 0. The van der Waals surface area contributed by atoms with E-state index in [1.165, 1.54) is 0 Å². The molecule has 0 spiro atoms. The second-order valence-corrected chi connectivity index (χ2v) is 4.38. The molecule has 0 aliphatic carbocycles. The molecule has 0 amide bonds. The second-order valence-electron chi connectivity index (χ2n) is 4.38. The largest absolute Gasteiger partial charge is 0.453 e. The molecule has 3 heteroatoms. The highest BCUT2D eigenvalue weighted by molar-refractivity contribution is 6.08. The molecule has 0 atom stereocenters. The van der Waals surface area contributed by atoms with Crippen LogP contribution in [0.5, 0.6) is 0 Å². The molecule has 94 valence electrons. The lowest BCUT2D eigenvalue weighted by Gasteiger charge is -1.99. The fraction of sp³-hybridized carbons (Fsp3) is 0.0625. The van der Waals surface area contributed by atoms with Crippen LogP contribution in [0.4, 0.5) is 0 Å². The number of carbonyl (C=O) groups excluding carboxylic acids is 1. The monoisotopic (exact) mass is 251 g/mol. The zero-order chi connectivity index (χ0) is 13.2. The van der Waals surface area contributed by atoms with E-state index in [0.29, 0.717) is 17.9 Å². The Morgan fingerprint density at radius 3 is 2.47 bits per heavy atom. The number of para-hydroxylation sites is 1. The molecule has 2 N–H and O–H groups in total. The van der Waals surface area contributed by atoms with E-state index in [1.807, 2.05) is 36.4 Å². The molecular weight excluding hydrogens is 238 g/mol. The first kappa shape index (κ1) is 11.7. The minimum atomic E-state index is -0.111. The lowest BCUT2D eigenvalue weighted by Crippen LogP contribution is -2.01. The number of hydrogen-bond donors (Lipinski definition) is 1. The molecule has 3 aromatic rings. The maximum Gasteiger partial charge on any atom is 0.228 e. The van der Waals surface area contributed by atoms with Crippen LogP contribution in [-0.4, -0.2) is 5.78 Å². The molecule has 3 rings (SSSR count). The van der Waals surface area contributed by atoms with E-state index < -0.39 is 0 Å². The molecule has 0 radical (unpaired) electrons.